The Kier molecular flexibility index (Phi) is 3.70. The van der Waals surface area contributed by atoms with Crippen LogP contribution in [0.3, 0.4) is 0 Å². The summed E-state index contributed by atoms with van der Waals surface area (Å²) in [4.78, 5) is 0. The third-order valence-corrected chi connectivity index (χ3v) is 3.66. The van der Waals surface area contributed by atoms with E-state index in [4.69, 9.17) is 4.74 Å². The molecule has 0 fully saturated rings. The minimum atomic E-state index is -0.202. The summed E-state index contributed by atoms with van der Waals surface area (Å²) in [6.45, 7) is 3.70. The largest absolute Gasteiger partial charge is 0.493 e. The molecule has 3 heteroatoms. The fraction of sp³-hybridized carbons (Fsp3) is 0.294. The lowest BCUT2D eigenvalue weighted by Crippen LogP contribution is -2.22. The minimum absolute atomic E-state index is 0.0894. The van der Waals surface area contributed by atoms with E-state index >= 15 is 0 Å². The van der Waals surface area contributed by atoms with Crippen LogP contribution in [0.25, 0.3) is 0 Å². The fourth-order valence-electron chi connectivity index (χ4n) is 2.67. The van der Waals surface area contributed by atoms with Crippen molar-refractivity contribution in [2.75, 3.05) is 13.2 Å². The quantitative estimate of drug-likeness (QED) is 0.919. The normalized spacial score (nSPS) is 14.7. The van der Waals surface area contributed by atoms with Gasteiger partial charge in [0.1, 0.15) is 11.6 Å². The number of nitrogens with one attached hydrogen (secondary N) is 1. The van der Waals surface area contributed by atoms with Crippen LogP contribution in [0.2, 0.25) is 0 Å². The van der Waals surface area contributed by atoms with Gasteiger partial charge in [0.25, 0.3) is 0 Å². The van der Waals surface area contributed by atoms with Crippen molar-refractivity contribution in [1.29, 1.82) is 0 Å². The van der Waals surface area contributed by atoms with Crippen molar-refractivity contribution < 1.29 is 9.13 Å². The van der Waals surface area contributed by atoms with Crippen LogP contribution in [0, 0.1) is 5.82 Å². The zero-order valence-corrected chi connectivity index (χ0v) is 11.5. The van der Waals surface area contributed by atoms with Crippen molar-refractivity contribution in [3.8, 4) is 5.75 Å². The number of rotatable bonds is 4. The predicted octanol–water partition coefficient (Wildman–Crippen LogP) is 3.46. The Labute approximate surface area is 118 Å². The second-order valence-electron chi connectivity index (χ2n) is 5.01. The van der Waals surface area contributed by atoms with Gasteiger partial charge in [-0.2, -0.15) is 0 Å². The number of hydrogen-bond donors (Lipinski definition) is 1. The second-order valence-corrected chi connectivity index (χ2v) is 5.01. The Hall–Kier alpha value is -1.87. The monoisotopic (exact) mass is 271 g/mol. The molecule has 0 amide bonds. The van der Waals surface area contributed by atoms with Crippen LogP contribution < -0.4 is 10.1 Å². The second kappa shape index (κ2) is 5.63. The predicted molar refractivity (Wildman–Crippen MR) is 77.6 cm³/mol. The summed E-state index contributed by atoms with van der Waals surface area (Å²) in [5.74, 6) is 0.787. The molecule has 1 aliphatic heterocycles. The van der Waals surface area contributed by atoms with Gasteiger partial charge in [-0.1, -0.05) is 31.2 Å². The number of halogens is 1. The van der Waals surface area contributed by atoms with E-state index in [1.54, 1.807) is 0 Å². The standard InChI is InChI=1S/C17H18FNO/c1-2-19-17(12-3-6-15(18)7-4-12)14-5-8-16-13(11-14)9-10-20-16/h3-8,11,17,19H,2,9-10H2,1H3. The Morgan fingerprint density at radius 2 is 1.90 bits per heavy atom. The first kappa shape index (κ1) is 13.1. The van der Waals surface area contributed by atoms with Crippen LogP contribution in [0.5, 0.6) is 5.75 Å². The molecule has 1 N–H and O–H groups in total. The molecule has 104 valence electrons. The first-order chi connectivity index (χ1) is 9.78. The van der Waals surface area contributed by atoms with E-state index in [0.29, 0.717) is 0 Å². The van der Waals surface area contributed by atoms with Gasteiger partial charge in [0, 0.05) is 6.42 Å². The first-order valence-corrected chi connectivity index (χ1v) is 7.02. The van der Waals surface area contributed by atoms with Gasteiger partial charge >= 0.3 is 0 Å². The molecule has 2 nitrogen and oxygen atoms in total. The molecule has 0 spiro atoms. The van der Waals surface area contributed by atoms with Gasteiger partial charge in [0.05, 0.1) is 12.6 Å². The molecule has 2 aromatic carbocycles. The summed E-state index contributed by atoms with van der Waals surface area (Å²) in [5, 5.41) is 3.46. The minimum Gasteiger partial charge on any atom is -0.493 e. The average molecular weight is 271 g/mol. The van der Waals surface area contributed by atoms with E-state index in [1.807, 2.05) is 18.2 Å². The lowest BCUT2D eigenvalue weighted by Gasteiger charge is -2.19. The number of fused-ring (bicyclic) bond motifs is 1. The van der Waals surface area contributed by atoms with Crippen LogP contribution in [-0.4, -0.2) is 13.2 Å². The average Bonchev–Trinajstić information content (AvgIpc) is 2.93. The molecule has 0 saturated heterocycles. The highest BCUT2D eigenvalue weighted by atomic mass is 19.1. The molecule has 1 aliphatic rings. The van der Waals surface area contributed by atoms with Gasteiger partial charge in [-0.25, -0.2) is 4.39 Å². The first-order valence-electron chi connectivity index (χ1n) is 7.02. The Morgan fingerprint density at radius 1 is 1.15 bits per heavy atom. The zero-order valence-electron chi connectivity index (χ0n) is 11.5. The highest BCUT2D eigenvalue weighted by Crippen LogP contribution is 2.30. The number of hydrogen-bond acceptors (Lipinski definition) is 2. The molecule has 0 aromatic heterocycles. The third kappa shape index (κ3) is 2.54. The van der Waals surface area contributed by atoms with Crippen LogP contribution >= 0.6 is 0 Å². The number of ether oxygens (including phenoxy) is 1. The van der Waals surface area contributed by atoms with Crippen molar-refractivity contribution in [1.82, 2.24) is 5.32 Å². The van der Waals surface area contributed by atoms with Gasteiger partial charge < -0.3 is 10.1 Å². The molecule has 20 heavy (non-hydrogen) atoms. The Morgan fingerprint density at radius 3 is 2.65 bits per heavy atom. The van der Waals surface area contributed by atoms with Crippen LogP contribution in [-0.2, 0) is 6.42 Å². The lowest BCUT2D eigenvalue weighted by molar-refractivity contribution is 0.357. The molecule has 0 bridgehead atoms. The highest BCUT2D eigenvalue weighted by molar-refractivity contribution is 5.43. The van der Waals surface area contributed by atoms with Crippen molar-refractivity contribution in [2.24, 2.45) is 0 Å². The highest BCUT2D eigenvalue weighted by Gasteiger charge is 2.17. The SMILES string of the molecule is CCNC(c1ccc(F)cc1)c1ccc2c(c1)CCO2. The molecule has 0 aliphatic carbocycles. The summed E-state index contributed by atoms with van der Waals surface area (Å²) < 4.78 is 18.6. The van der Waals surface area contributed by atoms with E-state index < -0.39 is 0 Å². The van der Waals surface area contributed by atoms with Crippen molar-refractivity contribution in [2.45, 2.75) is 19.4 Å². The van der Waals surface area contributed by atoms with E-state index in [1.165, 1.54) is 23.3 Å². The maximum atomic E-state index is 13.1. The molecule has 0 radical (unpaired) electrons. The third-order valence-electron chi connectivity index (χ3n) is 3.66. The summed E-state index contributed by atoms with van der Waals surface area (Å²) in [5.41, 5.74) is 3.53. The van der Waals surface area contributed by atoms with Crippen LogP contribution in [0.15, 0.2) is 42.5 Å². The van der Waals surface area contributed by atoms with E-state index in [0.717, 1.165) is 30.9 Å². The molecule has 2 aromatic rings. The number of benzene rings is 2. The van der Waals surface area contributed by atoms with Crippen molar-refractivity contribution in [3.05, 3.63) is 65.0 Å². The van der Waals surface area contributed by atoms with Crippen molar-refractivity contribution >= 4 is 0 Å². The van der Waals surface area contributed by atoms with Gasteiger partial charge in [-0.05, 0) is 41.4 Å². The van der Waals surface area contributed by atoms with E-state index in [-0.39, 0.29) is 11.9 Å². The summed E-state index contributed by atoms with van der Waals surface area (Å²) >= 11 is 0. The van der Waals surface area contributed by atoms with Crippen molar-refractivity contribution in [3.63, 3.8) is 0 Å². The van der Waals surface area contributed by atoms with Gasteiger partial charge in [-0.15, -0.1) is 0 Å². The lowest BCUT2D eigenvalue weighted by atomic mass is 9.96. The summed E-state index contributed by atoms with van der Waals surface area (Å²) in [7, 11) is 0. The topological polar surface area (TPSA) is 21.3 Å². The summed E-state index contributed by atoms with van der Waals surface area (Å²) in [6, 6.07) is 13.1. The summed E-state index contributed by atoms with van der Waals surface area (Å²) in [6.07, 6.45) is 0.964. The fourth-order valence-corrected chi connectivity index (χ4v) is 2.67. The van der Waals surface area contributed by atoms with Gasteiger partial charge in [0.2, 0.25) is 0 Å². The molecule has 1 atom stereocenters. The molecule has 0 saturated carbocycles. The Bertz CT molecular complexity index is 594. The van der Waals surface area contributed by atoms with E-state index in [9.17, 15) is 4.39 Å². The maximum absolute atomic E-state index is 13.1. The van der Waals surface area contributed by atoms with Gasteiger partial charge in [-0.3, -0.25) is 0 Å². The van der Waals surface area contributed by atoms with Crippen LogP contribution in [0.4, 0.5) is 4.39 Å². The van der Waals surface area contributed by atoms with Gasteiger partial charge in [0.15, 0.2) is 0 Å². The Balaban J connectivity index is 1.95. The molecule has 3 rings (SSSR count). The van der Waals surface area contributed by atoms with Crippen LogP contribution in [0.1, 0.15) is 29.7 Å². The molecular weight excluding hydrogens is 253 g/mol. The van der Waals surface area contributed by atoms with E-state index in [2.05, 4.69) is 24.4 Å². The zero-order chi connectivity index (χ0) is 13.9. The smallest absolute Gasteiger partial charge is 0.123 e. The molecule has 1 unspecified atom stereocenters. The molecule has 1 heterocycles. The molecular formula is C17H18FNO. The maximum Gasteiger partial charge on any atom is 0.123 e.